The molecular weight excluding hydrogens is 158 g/mol. The van der Waals surface area contributed by atoms with E-state index in [1.54, 1.807) is 0 Å². The van der Waals surface area contributed by atoms with E-state index < -0.39 is 0 Å². The van der Waals surface area contributed by atoms with Crippen LogP contribution in [0, 0.1) is 0 Å². The van der Waals surface area contributed by atoms with Gasteiger partial charge < -0.3 is 10.4 Å². The lowest BCUT2D eigenvalue weighted by Crippen LogP contribution is -2.11. The fourth-order valence-corrected chi connectivity index (χ4v) is 0.639. The van der Waals surface area contributed by atoms with E-state index in [9.17, 15) is 0 Å². The quantitative estimate of drug-likeness (QED) is 0.530. The van der Waals surface area contributed by atoms with Crippen LogP contribution in [0.25, 0.3) is 0 Å². The second-order valence-electron chi connectivity index (χ2n) is 1.65. The third-order valence-corrected chi connectivity index (χ3v) is 1.03. The van der Waals surface area contributed by atoms with E-state index in [1.807, 2.05) is 0 Å². The molecule has 0 saturated carbocycles. The molecule has 1 aliphatic rings. The summed E-state index contributed by atoms with van der Waals surface area (Å²) in [6.07, 6.45) is 0.866. The maximum absolute atomic E-state index is 8.67. The summed E-state index contributed by atoms with van der Waals surface area (Å²) < 4.78 is 0. The molecule has 1 rings (SSSR count). The molecule has 0 amide bonds. The molecule has 1 atom stereocenters. The Balaban J connectivity index is 0.000000360. The van der Waals surface area contributed by atoms with Crippen LogP contribution in [0.15, 0.2) is 0 Å². The van der Waals surface area contributed by atoms with E-state index in [0.717, 1.165) is 19.5 Å². The molecule has 0 spiro atoms. The standard InChI is InChI=1S/C4H9NO.BrH/c6-4-1-2-5-3-4;/h4-6H,1-3H2;1H. The summed E-state index contributed by atoms with van der Waals surface area (Å²) in [5.74, 6) is 0. The number of hydrogen-bond donors (Lipinski definition) is 2. The Morgan fingerprint density at radius 2 is 2.29 bits per heavy atom. The van der Waals surface area contributed by atoms with E-state index >= 15 is 0 Å². The highest BCUT2D eigenvalue weighted by Gasteiger charge is 2.08. The Hall–Kier alpha value is 0.400. The zero-order valence-electron chi connectivity index (χ0n) is 4.05. The molecule has 1 heterocycles. The molecule has 0 aliphatic carbocycles. The van der Waals surface area contributed by atoms with E-state index in [4.69, 9.17) is 5.11 Å². The average Bonchev–Trinajstić information content (AvgIpc) is 1.86. The topological polar surface area (TPSA) is 32.3 Å². The minimum atomic E-state index is -0.0648. The number of aliphatic hydroxyl groups is 1. The van der Waals surface area contributed by atoms with Crippen LogP contribution in [0.5, 0.6) is 0 Å². The van der Waals surface area contributed by atoms with Gasteiger partial charge in [-0.15, -0.1) is 17.0 Å². The van der Waals surface area contributed by atoms with Crippen molar-refractivity contribution in [3.8, 4) is 0 Å². The molecule has 44 valence electrons. The van der Waals surface area contributed by atoms with Crippen molar-refractivity contribution in [2.24, 2.45) is 0 Å². The first-order chi connectivity index (χ1) is 2.89. The van der Waals surface area contributed by atoms with Crippen LogP contribution in [0.4, 0.5) is 0 Å². The molecule has 7 heavy (non-hydrogen) atoms. The summed E-state index contributed by atoms with van der Waals surface area (Å²) in [5, 5.41) is 11.7. The molecule has 2 nitrogen and oxygen atoms in total. The molecule has 1 saturated heterocycles. The van der Waals surface area contributed by atoms with Crippen molar-refractivity contribution in [2.75, 3.05) is 13.1 Å². The van der Waals surface area contributed by atoms with Crippen molar-refractivity contribution in [1.29, 1.82) is 0 Å². The van der Waals surface area contributed by atoms with Gasteiger partial charge in [0.1, 0.15) is 0 Å². The molecule has 2 N–H and O–H groups in total. The van der Waals surface area contributed by atoms with Crippen molar-refractivity contribution in [3.63, 3.8) is 0 Å². The van der Waals surface area contributed by atoms with Crippen LogP contribution in [-0.2, 0) is 0 Å². The van der Waals surface area contributed by atoms with Crippen LogP contribution < -0.4 is 5.32 Å². The molecule has 1 aliphatic heterocycles. The van der Waals surface area contributed by atoms with Gasteiger partial charge in [-0.05, 0) is 13.0 Å². The molecule has 1 fully saturated rings. The normalized spacial score (nSPS) is 29.6. The van der Waals surface area contributed by atoms with Gasteiger partial charge >= 0.3 is 0 Å². The molecule has 1 unspecified atom stereocenters. The number of nitrogens with one attached hydrogen (secondary N) is 1. The van der Waals surface area contributed by atoms with Crippen LogP contribution in [0.2, 0.25) is 0 Å². The molecule has 0 radical (unpaired) electrons. The van der Waals surface area contributed by atoms with Crippen molar-refractivity contribution in [3.05, 3.63) is 0 Å². The van der Waals surface area contributed by atoms with E-state index in [1.165, 1.54) is 0 Å². The van der Waals surface area contributed by atoms with Gasteiger partial charge in [0.05, 0.1) is 6.10 Å². The van der Waals surface area contributed by atoms with Crippen LogP contribution >= 0.6 is 17.0 Å². The third-order valence-electron chi connectivity index (χ3n) is 1.03. The maximum Gasteiger partial charge on any atom is 0.0676 e. The summed E-state index contributed by atoms with van der Waals surface area (Å²) in [4.78, 5) is 0. The largest absolute Gasteiger partial charge is 0.392 e. The number of hydrogen-bond acceptors (Lipinski definition) is 2. The van der Waals surface area contributed by atoms with Crippen molar-refractivity contribution >= 4 is 17.0 Å². The van der Waals surface area contributed by atoms with E-state index in [2.05, 4.69) is 5.32 Å². The lowest BCUT2D eigenvalue weighted by molar-refractivity contribution is 0.196. The Labute approximate surface area is 53.7 Å². The van der Waals surface area contributed by atoms with Crippen molar-refractivity contribution in [1.82, 2.24) is 5.32 Å². The highest BCUT2D eigenvalue weighted by atomic mass is 79.9. The summed E-state index contributed by atoms with van der Waals surface area (Å²) in [5.41, 5.74) is 0. The minimum absolute atomic E-state index is 0. The fraction of sp³-hybridized carbons (Fsp3) is 1.00. The summed E-state index contributed by atoms with van der Waals surface area (Å²) >= 11 is 0. The van der Waals surface area contributed by atoms with Crippen LogP contribution in [0.3, 0.4) is 0 Å². The Kier molecular flexibility index (Phi) is 3.60. The molecule has 0 bridgehead atoms. The second kappa shape index (κ2) is 3.41. The van der Waals surface area contributed by atoms with Gasteiger partial charge in [0, 0.05) is 6.54 Å². The lowest BCUT2D eigenvalue weighted by atomic mass is 10.3. The van der Waals surface area contributed by atoms with Gasteiger partial charge in [-0.2, -0.15) is 0 Å². The van der Waals surface area contributed by atoms with Gasteiger partial charge in [0.15, 0.2) is 0 Å². The highest BCUT2D eigenvalue weighted by molar-refractivity contribution is 8.93. The van der Waals surface area contributed by atoms with Gasteiger partial charge in [-0.25, -0.2) is 0 Å². The summed E-state index contributed by atoms with van der Waals surface area (Å²) in [7, 11) is 0. The van der Waals surface area contributed by atoms with Crippen LogP contribution in [0.1, 0.15) is 6.42 Å². The SMILES string of the molecule is Br.OC1CCNC1. The average molecular weight is 168 g/mol. The predicted octanol–water partition coefficient (Wildman–Crippen LogP) is -0.0815. The summed E-state index contributed by atoms with van der Waals surface area (Å²) in [6.45, 7) is 1.78. The van der Waals surface area contributed by atoms with Gasteiger partial charge in [0.25, 0.3) is 0 Å². The predicted molar refractivity (Wildman–Crippen MR) is 33.8 cm³/mol. The van der Waals surface area contributed by atoms with E-state index in [0.29, 0.717) is 0 Å². The van der Waals surface area contributed by atoms with E-state index in [-0.39, 0.29) is 23.1 Å². The Morgan fingerprint density at radius 1 is 1.57 bits per heavy atom. The zero-order valence-corrected chi connectivity index (χ0v) is 5.77. The van der Waals surface area contributed by atoms with Gasteiger partial charge in [0.2, 0.25) is 0 Å². The fourth-order valence-electron chi connectivity index (χ4n) is 0.639. The monoisotopic (exact) mass is 167 g/mol. The van der Waals surface area contributed by atoms with Crippen LogP contribution in [-0.4, -0.2) is 24.3 Å². The molecule has 0 aromatic rings. The lowest BCUT2D eigenvalue weighted by Gasteiger charge is -1.90. The summed E-state index contributed by atoms with van der Waals surface area (Å²) in [6, 6.07) is 0. The third kappa shape index (κ3) is 2.26. The van der Waals surface area contributed by atoms with Crippen molar-refractivity contribution < 1.29 is 5.11 Å². The van der Waals surface area contributed by atoms with Crippen molar-refractivity contribution in [2.45, 2.75) is 12.5 Å². The minimum Gasteiger partial charge on any atom is -0.392 e. The maximum atomic E-state index is 8.67. The first kappa shape index (κ1) is 7.40. The first-order valence-electron chi connectivity index (χ1n) is 2.28. The first-order valence-corrected chi connectivity index (χ1v) is 2.28. The van der Waals surface area contributed by atoms with Gasteiger partial charge in [-0.1, -0.05) is 0 Å². The molecule has 3 heteroatoms. The number of aliphatic hydroxyl groups excluding tert-OH is 1. The Morgan fingerprint density at radius 3 is 2.43 bits per heavy atom. The molecular formula is C4H10BrNO. The highest BCUT2D eigenvalue weighted by Crippen LogP contribution is 1.93. The zero-order chi connectivity index (χ0) is 4.41. The molecule has 0 aromatic heterocycles. The molecule has 0 aromatic carbocycles. The smallest absolute Gasteiger partial charge is 0.0676 e. The second-order valence-corrected chi connectivity index (χ2v) is 1.65. The number of β-amino-alcohol motifs (C(OH)–C–C–N with tert-alkyl or cyclic N) is 1. The van der Waals surface area contributed by atoms with Gasteiger partial charge in [-0.3, -0.25) is 0 Å². The number of halogens is 1. The Bertz CT molecular complexity index is 45.0. The number of rotatable bonds is 0.